The minimum atomic E-state index is -0.112. The smallest absolute Gasteiger partial charge is 0.192 e. The molecule has 0 spiro atoms. The summed E-state index contributed by atoms with van der Waals surface area (Å²) in [5.74, 6) is 1.70. The lowest BCUT2D eigenvalue weighted by Crippen LogP contribution is -2.24. The molecular formula is C25H21ClN6O. The molecule has 2 heterocycles. The van der Waals surface area contributed by atoms with Gasteiger partial charge in [-0.1, -0.05) is 60.1 Å². The molecule has 0 fully saturated rings. The van der Waals surface area contributed by atoms with E-state index in [1.165, 1.54) is 0 Å². The molecule has 0 amide bonds. The van der Waals surface area contributed by atoms with Crippen LogP contribution in [-0.2, 0) is 6.54 Å². The third-order valence-electron chi connectivity index (χ3n) is 5.24. The van der Waals surface area contributed by atoms with Crippen LogP contribution in [0.1, 0.15) is 5.69 Å². The number of amidine groups is 1. The molecule has 0 radical (unpaired) electrons. The first-order chi connectivity index (χ1) is 16.1. The minimum Gasteiger partial charge on any atom is -0.491 e. The summed E-state index contributed by atoms with van der Waals surface area (Å²) in [5.41, 5.74) is 15.6. The van der Waals surface area contributed by atoms with Crippen LogP contribution in [0.25, 0.3) is 22.5 Å². The molecule has 8 heteroatoms. The van der Waals surface area contributed by atoms with E-state index in [9.17, 15) is 0 Å². The monoisotopic (exact) mass is 456 g/mol. The third-order valence-corrected chi connectivity index (χ3v) is 5.56. The highest BCUT2D eigenvalue weighted by molar-refractivity contribution is 6.33. The van der Waals surface area contributed by atoms with Gasteiger partial charge in [-0.15, -0.1) is 0 Å². The number of guanidine groups is 1. The number of imidazole rings is 1. The van der Waals surface area contributed by atoms with E-state index in [-0.39, 0.29) is 11.8 Å². The van der Waals surface area contributed by atoms with Gasteiger partial charge in [0.25, 0.3) is 0 Å². The molecule has 164 valence electrons. The molecule has 33 heavy (non-hydrogen) atoms. The van der Waals surface area contributed by atoms with E-state index in [1.807, 2.05) is 47.2 Å². The summed E-state index contributed by atoms with van der Waals surface area (Å²) in [4.78, 5) is 13.7. The Bertz CT molecular complexity index is 1370. The zero-order chi connectivity index (χ0) is 22.8. The van der Waals surface area contributed by atoms with Crippen molar-refractivity contribution in [2.75, 3.05) is 6.61 Å². The molecule has 0 saturated carbocycles. The van der Waals surface area contributed by atoms with Gasteiger partial charge in [0.15, 0.2) is 11.8 Å². The van der Waals surface area contributed by atoms with E-state index < -0.39 is 0 Å². The minimum absolute atomic E-state index is 0.112. The first-order valence-corrected chi connectivity index (χ1v) is 10.8. The number of ether oxygens (including phenoxy) is 1. The molecule has 0 bridgehead atoms. The van der Waals surface area contributed by atoms with Gasteiger partial charge in [-0.05, 0) is 35.4 Å². The maximum Gasteiger partial charge on any atom is 0.192 e. The van der Waals surface area contributed by atoms with Crippen molar-refractivity contribution in [1.82, 2.24) is 9.55 Å². The highest BCUT2D eigenvalue weighted by Crippen LogP contribution is 2.36. The largest absolute Gasteiger partial charge is 0.491 e. The summed E-state index contributed by atoms with van der Waals surface area (Å²) in [7, 11) is 0. The molecule has 0 atom stereocenters. The van der Waals surface area contributed by atoms with E-state index in [0.29, 0.717) is 29.6 Å². The average Bonchev–Trinajstić information content (AvgIpc) is 3.17. The molecule has 4 N–H and O–H groups in total. The maximum atomic E-state index is 6.30. The van der Waals surface area contributed by atoms with Crippen LogP contribution in [0.5, 0.6) is 5.75 Å². The van der Waals surface area contributed by atoms with Gasteiger partial charge < -0.3 is 20.8 Å². The van der Waals surface area contributed by atoms with Crippen LogP contribution in [0.4, 0.5) is 5.69 Å². The highest BCUT2D eigenvalue weighted by Gasteiger charge is 2.21. The number of aliphatic imine (C=N–C) groups is 2. The molecule has 1 aliphatic rings. The van der Waals surface area contributed by atoms with Gasteiger partial charge in [-0.3, -0.25) is 0 Å². The Morgan fingerprint density at radius 3 is 2.55 bits per heavy atom. The number of fused-ring (bicyclic) bond motifs is 3. The fourth-order valence-electron chi connectivity index (χ4n) is 3.72. The summed E-state index contributed by atoms with van der Waals surface area (Å²) < 4.78 is 8.01. The van der Waals surface area contributed by atoms with Crippen LogP contribution in [0, 0.1) is 0 Å². The number of benzene rings is 3. The number of hydrogen-bond donors (Lipinski definition) is 2. The van der Waals surface area contributed by atoms with Gasteiger partial charge in [0.2, 0.25) is 0 Å². The lowest BCUT2D eigenvalue weighted by molar-refractivity contribution is 0.306. The summed E-state index contributed by atoms with van der Waals surface area (Å²) >= 11 is 6.30. The van der Waals surface area contributed by atoms with Gasteiger partial charge in [-0.25, -0.2) is 9.98 Å². The average molecular weight is 457 g/mol. The lowest BCUT2D eigenvalue weighted by Gasteiger charge is -2.09. The van der Waals surface area contributed by atoms with Crippen molar-refractivity contribution < 1.29 is 4.74 Å². The Morgan fingerprint density at radius 1 is 0.970 bits per heavy atom. The highest BCUT2D eigenvalue weighted by atomic mass is 35.5. The van der Waals surface area contributed by atoms with Gasteiger partial charge in [-0.2, -0.15) is 4.99 Å². The molecule has 3 aromatic carbocycles. The van der Waals surface area contributed by atoms with Crippen molar-refractivity contribution in [3.8, 4) is 28.3 Å². The Balaban J connectivity index is 1.63. The van der Waals surface area contributed by atoms with Crippen LogP contribution in [0.15, 0.2) is 89.0 Å². The predicted molar refractivity (Wildman–Crippen MR) is 132 cm³/mol. The molecular weight excluding hydrogens is 436 g/mol. The van der Waals surface area contributed by atoms with Crippen molar-refractivity contribution in [2.45, 2.75) is 6.54 Å². The second-order valence-corrected chi connectivity index (χ2v) is 7.90. The van der Waals surface area contributed by atoms with Crippen molar-refractivity contribution in [2.24, 2.45) is 21.5 Å². The number of hydrogen-bond acceptors (Lipinski definition) is 3. The summed E-state index contributed by atoms with van der Waals surface area (Å²) in [6, 6.07) is 23.5. The van der Waals surface area contributed by atoms with Gasteiger partial charge in [0.1, 0.15) is 23.9 Å². The normalized spacial score (nSPS) is 12.8. The Kier molecular flexibility index (Phi) is 5.54. The van der Waals surface area contributed by atoms with Crippen LogP contribution >= 0.6 is 11.6 Å². The van der Waals surface area contributed by atoms with Crippen molar-refractivity contribution >= 4 is 29.1 Å². The van der Waals surface area contributed by atoms with Crippen molar-refractivity contribution in [3.63, 3.8) is 0 Å². The number of aromatic nitrogens is 2. The van der Waals surface area contributed by atoms with E-state index in [1.54, 1.807) is 12.1 Å². The first kappa shape index (κ1) is 20.8. The number of rotatable bonds is 3. The molecule has 0 unspecified atom stereocenters. The van der Waals surface area contributed by atoms with Crippen LogP contribution < -0.4 is 16.2 Å². The Morgan fingerprint density at radius 2 is 1.76 bits per heavy atom. The van der Waals surface area contributed by atoms with Crippen molar-refractivity contribution in [1.29, 1.82) is 0 Å². The molecule has 7 nitrogen and oxygen atoms in total. The van der Waals surface area contributed by atoms with E-state index in [4.69, 9.17) is 32.8 Å². The lowest BCUT2D eigenvalue weighted by atomic mass is 10.0. The quantitative estimate of drug-likeness (QED) is 0.347. The number of para-hydroxylation sites is 1. The van der Waals surface area contributed by atoms with E-state index >= 15 is 0 Å². The van der Waals surface area contributed by atoms with Gasteiger partial charge in [0, 0.05) is 6.20 Å². The SMILES string of the molecule is NC(N)=NC(=Nc1ccccc1Cl)c1cn2c(n1)-c1cc(-c3ccccc3)ccc1OCC2. The molecule has 0 saturated heterocycles. The fraction of sp³-hybridized carbons (Fsp3) is 0.0800. The summed E-state index contributed by atoms with van der Waals surface area (Å²) in [5, 5.41) is 0.493. The molecule has 1 aliphatic heterocycles. The number of nitrogens with zero attached hydrogens (tertiary/aromatic N) is 4. The zero-order valence-corrected chi connectivity index (χ0v) is 18.4. The molecule has 1 aromatic heterocycles. The number of halogens is 1. The van der Waals surface area contributed by atoms with Crippen LogP contribution in [-0.4, -0.2) is 28.0 Å². The third kappa shape index (κ3) is 4.31. The second kappa shape index (κ2) is 8.80. The second-order valence-electron chi connectivity index (χ2n) is 7.49. The van der Waals surface area contributed by atoms with Crippen molar-refractivity contribution in [3.05, 3.63) is 89.7 Å². The zero-order valence-electron chi connectivity index (χ0n) is 17.6. The van der Waals surface area contributed by atoms with Crippen LogP contribution in [0.3, 0.4) is 0 Å². The predicted octanol–water partition coefficient (Wildman–Crippen LogP) is 4.61. The number of nitrogens with two attached hydrogens (primary N) is 2. The topological polar surface area (TPSA) is 104 Å². The molecule has 5 rings (SSSR count). The summed E-state index contributed by atoms with van der Waals surface area (Å²) in [6.07, 6.45) is 1.88. The Labute approximate surface area is 196 Å². The van der Waals surface area contributed by atoms with E-state index in [2.05, 4.69) is 34.3 Å². The van der Waals surface area contributed by atoms with Gasteiger partial charge >= 0.3 is 0 Å². The molecule has 4 aromatic rings. The first-order valence-electron chi connectivity index (χ1n) is 10.4. The standard InChI is InChI=1S/C25H21ClN6O/c26-19-8-4-5-9-20(19)29-23(31-25(27)28)21-15-32-12-13-33-22-11-10-17(14-18(22)24(32)30-21)16-6-2-1-3-7-16/h1-11,14-15H,12-13H2,(H4,27,28,29,31). The fourth-order valence-corrected chi connectivity index (χ4v) is 3.90. The Hall–Kier alpha value is -4.10. The maximum absolute atomic E-state index is 6.30. The molecule has 0 aliphatic carbocycles. The van der Waals surface area contributed by atoms with E-state index in [0.717, 1.165) is 28.3 Å². The summed E-state index contributed by atoms with van der Waals surface area (Å²) in [6.45, 7) is 1.14. The van der Waals surface area contributed by atoms with Gasteiger partial charge in [0.05, 0.1) is 22.8 Å². The van der Waals surface area contributed by atoms with Crippen LogP contribution in [0.2, 0.25) is 5.02 Å².